The zero-order chi connectivity index (χ0) is 12.7. The maximum absolute atomic E-state index is 4.54. The van der Waals surface area contributed by atoms with Gasteiger partial charge in [0.15, 0.2) is 0 Å². The van der Waals surface area contributed by atoms with Gasteiger partial charge in [-0.15, -0.1) is 0 Å². The van der Waals surface area contributed by atoms with Gasteiger partial charge in [-0.3, -0.25) is 0 Å². The first-order chi connectivity index (χ1) is 8.28. The van der Waals surface area contributed by atoms with Crippen molar-refractivity contribution in [2.24, 2.45) is 5.92 Å². The maximum atomic E-state index is 4.54. The molecule has 0 aliphatic heterocycles. The minimum atomic E-state index is 0.393. The largest absolute Gasteiger partial charge is 0.334 e. The van der Waals surface area contributed by atoms with Crippen molar-refractivity contribution in [2.45, 2.75) is 59.0 Å². The molecule has 98 valence electrons. The van der Waals surface area contributed by atoms with Crippen molar-refractivity contribution in [2.75, 3.05) is 7.05 Å². The molecule has 0 saturated heterocycles. The molecule has 1 N–H and O–H groups in total. The molecule has 0 amide bonds. The minimum absolute atomic E-state index is 0.393. The van der Waals surface area contributed by atoms with E-state index in [-0.39, 0.29) is 0 Å². The van der Waals surface area contributed by atoms with Gasteiger partial charge in [0.2, 0.25) is 0 Å². The van der Waals surface area contributed by atoms with Crippen molar-refractivity contribution in [3.05, 3.63) is 18.2 Å². The Hall–Kier alpha value is -0.830. The molecule has 0 radical (unpaired) electrons. The van der Waals surface area contributed by atoms with Gasteiger partial charge < -0.3 is 9.88 Å². The van der Waals surface area contributed by atoms with Crippen LogP contribution in [0.15, 0.2) is 12.4 Å². The average molecular weight is 237 g/mol. The van der Waals surface area contributed by atoms with Crippen molar-refractivity contribution in [3.63, 3.8) is 0 Å². The van der Waals surface area contributed by atoms with E-state index in [0.29, 0.717) is 12.0 Å². The van der Waals surface area contributed by atoms with Gasteiger partial charge in [-0.05, 0) is 32.7 Å². The standard InChI is InChI=1S/C14H27N3/c1-5-8-12(9-6-2)13(15-4)14-16-10-11-17(14)7-3/h10-13,15H,5-9H2,1-4H3. The lowest BCUT2D eigenvalue weighted by atomic mass is 9.90. The van der Waals surface area contributed by atoms with Crippen LogP contribution in [-0.4, -0.2) is 16.6 Å². The Bertz CT molecular complexity index is 300. The number of aromatic nitrogens is 2. The zero-order valence-electron chi connectivity index (χ0n) is 11.7. The Morgan fingerprint density at radius 3 is 2.35 bits per heavy atom. The van der Waals surface area contributed by atoms with Crippen LogP contribution in [0.1, 0.15) is 58.3 Å². The molecule has 3 heteroatoms. The summed E-state index contributed by atoms with van der Waals surface area (Å²) in [6.07, 6.45) is 9.03. The summed E-state index contributed by atoms with van der Waals surface area (Å²) < 4.78 is 2.25. The monoisotopic (exact) mass is 237 g/mol. The zero-order valence-corrected chi connectivity index (χ0v) is 11.7. The van der Waals surface area contributed by atoms with Crippen LogP contribution >= 0.6 is 0 Å². The third kappa shape index (κ3) is 3.56. The lowest BCUT2D eigenvalue weighted by Gasteiger charge is -2.26. The molecule has 0 aliphatic rings. The second-order valence-corrected chi connectivity index (χ2v) is 4.68. The molecule has 1 aromatic heterocycles. The quantitative estimate of drug-likeness (QED) is 0.751. The van der Waals surface area contributed by atoms with Crippen molar-refractivity contribution < 1.29 is 0 Å². The van der Waals surface area contributed by atoms with Crippen LogP contribution in [0.25, 0.3) is 0 Å². The summed E-state index contributed by atoms with van der Waals surface area (Å²) in [7, 11) is 2.05. The molecule has 1 aromatic rings. The Morgan fingerprint density at radius 1 is 1.24 bits per heavy atom. The van der Waals surface area contributed by atoms with Crippen molar-refractivity contribution in [1.29, 1.82) is 0 Å². The molecule has 0 spiro atoms. The van der Waals surface area contributed by atoms with E-state index in [1.54, 1.807) is 0 Å². The number of nitrogens with one attached hydrogen (secondary N) is 1. The number of rotatable bonds is 8. The van der Waals surface area contributed by atoms with Gasteiger partial charge in [0.25, 0.3) is 0 Å². The highest BCUT2D eigenvalue weighted by atomic mass is 15.1. The van der Waals surface area contributed by atoms with E-state index in [1.807, 2.05) is 6.20 Å². The van der Waals surface area contributed by atoms with Crippen molar-refractivity contribution in [3.8, 4) is 0 Å². The lowest BCUT2D eigenvalue weighted by molar-refractivity contribution is 0.312. The molecule has 1 unspecified atom stereocenters. The van der Waals surface area contributed by atoms with Crippen LogP contribution in [0.2, 0.25) is 0 Å². The van der Waals surface area contributed by atoms with E-state index in [9.17, 15) is 0 Å². The van der Waals surface area contributed by atoms with Gasteiger partial charge in [0.05, 0.1) is 6.04 Å². The van der Waals surface area contributed by atoms with Gasteiger partial charge >= 0.3 is 0 Å². The third-order valence-electron chi connectivity index (χ3n) is 3.47. The first-order valence-corrected chi connectivity index (χ1v) is 6.96. The fourth-order valence-corrected chi connectivity index (χ4v) is 2.66. The number of aryl methyl sites for hydroxylation is 1. The van der Waals surface area contributed by atoms with E-state index in [4.69, 9.17) is 0 Å². The summed E-state index contributed by atoms with van der Waals surface area (Å²) in [5.74, 6) is 1.89. The van der Waals surface area contributed by atoms with Crippen LogP contribution in [0.3, 0.4) is 0 Å². The summed E-state index contributed by atoms with van der Waals surface area (Å²) in [4.78, 5) is 4.54. The van der Waals surface area contributed by atoms with E-state index in [2.05, 4.69) is 48.9 Å². The number of hydrogen-bond acceptors (Lipinski definition) is 2. The topological polar surface area (TPSA) is 29.9 Å². The van der Waals surface area contributed by atoms with Crippen molar-refractivity contribution >= 4 is 0 Å². The molecule has 3 nitrogen and oxygen atoms in total. The smallest absolute Gasteiger partial charge is 0.126 e. The second kappa shape index (κ2) is 7.49. The Balaban J connectivity index is 2.87. The first kappa shape index (κ1) is 14.2. The minimum Gasteiger partial charge on any atom is -0.334 e. The molecule has 0 saturated carbocycles. The summed E-state index contributed by atoms with van der Waals surface area (Å²) in [5, 5.41) is 3.47. The summed E-state index contributed by atoms with van der Waals surface area (Å²) in [6.45, 7) is 7.70. The third-order valence-corrected chi connectivity index (χ3v) is 3.47. The molecule has 0 bridgehead atoms. The lowest BCUT2D eigenvalue weighted by Crippen LogP contribution is -2.28. The number of imidazole rings is 1. The molecule has 0 aliphatic carbocycles. The highest BCUT2D eigenvalue weighted by Gasteiger charge is 2.23. The Kier molecular flexibility index (Phi) is 6.27. The molecule has 0 aromatic carbocycles. The maximum Gasteiger partial charge on any atom is 0.126 e. The molecular weight excluding hydrogens is 210 g/mol. The van der Waals surface area contributed by atoms with Gasteiger partial charge in [0.1, 0.15) is 5.82 Å². The van der Waals surface area contributed by atoms with E-state index in [0.717, 1.165) is 6.54 Å². The SMILES string of the molecule is CCCC(CCC)C(NC)c1nccn1CC. The predicted octanol–water partition coefficient (Wildman–Crippen LogP) is 3.38. The van der Waals surface area contributed by atoms with Crippen LogP contribution in [0, 0.1) is 5.92 Å². The van der Waals surface area contributed by atoms with Gasteiger partial charge in [-0.2, -0.15) is 0 Å². The second-order valence-electron chi connectivity index (χ2n) is 4.68. The number of nitrogens with zero attached hydrogens (tertiary/aromatic N) is 2. The molecular formula is C14H27N3. The highest BCUT2D eigenvalue weighted by Crippen LogP contribution is 2.28. The van der Waals surface area contributed by atoms with Gasteiger partial charge in [-0.1, -0.05) is 26.7 Å². The fourth-order valence-electron chi connectivity index (χ4n) is 2.66. The number of hydrogen-bond donors (Lipinski definition) is 1. The highest BCUT2D eigenvalue weighted by molar-refractivity contribution is 5.01. The summed E-state index contributed by atoms with van der Waals surface area (Å²) in [5.41, 5.74) is 0. The molecule has 1 heterocycles. The summed E-state index contributed by atoms with van der Waals surface area (Å²) in [6, 6.07) is 0.393. The Morgan fingerprint density at radius 2 is 1.88 bits per heavy atom. The van der Waals surface area contributed by atoms with Crippen LogP contribution in [0.4, 0.5) is 0 Å². The van der Waals surface area contributed by atoms with E-state index >= 15 is 0 Å². The van der Waals surface area contributed by atoms with Crippen LogP contribution in [0.5, 0.6) is 0 Å². The van der Waals surface area contributed by atoms with Crippen molar-refractivity contribution in [1.82, 2.24) is 14.9 Å². The van der Waals surface area contributed by atoms with E-state index < -0.39 is 0 Å². The van der Waals surface area contributed by atoms with Crippen LogP contribution in [-0.2, 0) is 6.54 Å². The summed E-state index contributed by atoms with van der Waals surface area (Å²) >= 11 is 0. The molecule has 0 fully saturated rings. The molecule has 1 rings (SSSR count). The van der Waals surface area contributed by atoms with Gasteiger partial charge in [-0.25, -0.2) is 4.98 Å². The molecule has 1 atom stereocenters. The first-order valence-electron chi connectivity index (χ1n) is 6.96. The normalized spacial score (nSPS) is 13.2. The fraction of sp³-hybridized carbons (Fsp3) is 0.786. The molecule has 17 heavy (non-hydrogen) atoms. The van der Waals surface area contributed by atoms with E-state index in [1.165, 1.54) is 31.5 Å². The Labute approximate surface area is 106 Å². The van der Waals surface area contributed by atoms with Gasteiger partial charge in [0, 0.05) is 18.9 Å². The average Bonchev–Trinajstić information content (AvgIpc) is 2.79. The van der Waals surface area contributed by atoms with Crippen LogP contribution < -0.4 is 5.32 Å². The predicted molar refractivity (Wildman–Crippen MR) is 73.0 cm³/mol.